The van der Waals surface area contributed by atoms with Gasteiger partial charge in [0, 0.05) is 42.6 Å². The smallest absolute Gasteiger partial charge is 0.243 e. The van der Waals surface area contributed by atoms with Crippen LogP contribution in [0.3, 0.4) is 0 Å². The number of rotatable bonds is 5. The van der Waals surface area contributed by atoms with E-state index in [0.717, 1.165) is 30.8 Å². The Morgan fingerprint density at radius 1 is 1.04 bits per heavy atom. The van der Waals surface area contributed by atoms with Crippen LogP contribution in [0.4, 0.5) is 0 Å². The molecule has 7 heteroatoms. The average molecular weight is 416 g/mol. The van der Waals surface area contributed by atoms with E-state index >= 15 is 0 Å². The second-order valence-corrected chi connectivity index (χ2v) is 9.45. The molecule has 0 unspecified atom stereocenters. The molecule has 0 aliphatic carbocycles. The first kappa shape index (κ1) is 19.2. The van der Waals surface area contributed by atoms with Crippen LogP contribution in [-0.4, -0.2) is 35.4 Å². The molecule has 0 amide bonds. The van der Waals surface area contributed by atoms with Crippen LogP contribution >= 0.6 is 11.6 Å². The lowest BCUT2D eigenvalue weighted by Gasteiger charge is -2.31. The van der Waals surface area contributed by atoms with Gasteiger partial charge in [-0.1, -0.05) is 48.0 Å². The van der Waals surface area contributed by atoms with Crippen molar-refractivity contribution in [2.75, 3.05) is 13.1 Å². The molecule has 2 heterocycles. The van der Waals surface area contributed by atoms with Crippen molar-refractivity contribution in [1.82, 2.24) is 13.9 Å². The fraction of sp³-hybridized carbons (Fsp3) is 0.286. The maximum atomic E-state index is 12.9. The van der Waals surface area contributed by atoms with Crippen LogP contribution in [0.25, 0.3) is 11.4 Å². The van der Waals surface area contributed by atoms with Crippen LogP contribution in [0.15, 0.2) is 71.9 Å². The summed E-state index contributed by atoms with van der Waals surface area (Å²) in [5, 5.41) is 0.435. The molecule has 3 aromatic rings. The van der Waals surface area contributed by atoms with Gasteiger partial charge < -0.3 is 4.57 Å². The van der Waals surface area contributed by atoms with E-state index in [4.69, 9.17) is 11.6 Å². The maximum absolute atomic E-state index is 12.9. The van der Waals surface area contributed by atoms with Crippen LogP contribution in [0.5, 0.6) is 0 Å². The van der Waals surface area contributed by atoms with E-state index < -0.39 is 10.0 Å². The molecule has 1 aromatic heterocycles. The standard InChI is InChI=1S/C21H22ClN3O2S/c22-19-7-4-8-20(15-19)28(26,27)25-12-9-17(10-13-25)16-24-14-11-23-21(24)18-5-2-1-3-6-18/h1-8,11,14-15,17H,9-10,12-13,16H2. The Bertz CT molecular complexity index is 1040. The molecule has 0 atom stereocenters. The number of hydrogen-bond donors (Lipinski definition) is 0. The van der Waals surface area contributed by atoms with Gasteiger partial charge in [-0.2, -0.15) is 4.31 Å². The topological polar surface area (TPSA) is 55.2 Å². The van der Waals surface area contributed by atoms with Gasteiger partial charge in [0.2, 0.25) is 10.0 Å². The molecular formula is C21H22ClN3O2S. The van der Waals surface area contributed by atoms with E-state index in [1.807, 2.05) is 30.6 Å². The zero-order valence-corrected chi connectivity index (χ0v) is 17.0. The fourth-order valence-electron chi connectivity index (χ4n) is 3.69. The van der Waals surface area contributed by atoms with Gasteiger partial charge in [-0.15, -0.1) is 0 Å². The van der Waals surface area contributed by atoms with Gasteiger partial charge in [0.15, 0.2) is 0 Å². The van der Waals surface area contributed by atoms with E-state index in [9.17, 15) is 8.42 Å². The van der Waals surface area contributed by atoms with Crippen molar-refractivity contribution in [3.05, 3.63) is 72.0 Å². The second kappa shape index (κ2) is 8.07. The minimum atomic E-state index is -3.49. The van der Waals surface area contributed by atoms with E-state index in [0.29, 0.717) is 24.0 Å². The molecular weight excluding hydrogens is 394 g/mol. The molecule has 4 rings (SSSR count). The van der Waals surface area contributed by atoms with Gasteiger partial charge in [-0.05, 0) is 37.0 Å². The number of piperidine rings is 1. The summed E-state index contributed by atoms with van der Waals surface area (Å²) in [4.78, 5) is 4.76. The molecule has 1 fully saturated rings. The van der Waals surface area contributed by atoms with Crippen LogP contribution in [0.1, 0.15) is 12.8 Å². The number of imidazole rings is 1. The Labute approximate surface area is 170 Å². The van der Waals surface area contributed by atoms with Crippen LogP contribution < -0.4 is 0 Å². The summed E-state index contributed by atoms with van der Waals surface area (Å²) in [7, 11) is -3.49. The number of aromatic nitrogens is 2. The van der Waals surface area contributed by atoms with Crippen molar-refractivity contribution >= 4 is 21.6 Å². The van der Waals surface area contributed by atoms with Crippen molar-refractivity contribution in [2.24, 2.45) is 5.92 Å². The van der Waals surface area contributed by atoms with Crippen LogP contribution in [0.2, 0.25) is 5.02 Å². The molecule has 0 bridgehead atoms. The summed E-state index contributed by atoms with van der Waals surface area (Å²) >= 11 is 5.97. The third kappa shape index (κ3) is 3.99. The molecule has 28 heavy (non-hydrogen) atoms. The van der Waals surface area contributed by atoms with E-state index in [-0.39, 0.29) is 4.90 Å². The fourth-order valence-corrected chi connectivity index (χ4v) is 5.46. The minimum Gasteiger partial charge on any atom is -0.331 e. The quantitative estimate of drug-likeness (QED) is 0.624. The van der Waals surface area contributed by atoms with Crippen molar-refractivity contribution in [2.45, 2.75) is 24.3 Å². The zero-order chi connectivity index (χ0) is 19.6. The van der Waals surface area contributed by atoms with Gasteiger partial charge >= 0.3 is 0 Å². The van der Waals surface area contributed by atoms with Gasteiger partial charge in [0.05, 0.1) is 4.90 Å². The highest BCUT2D eigenvalue weighted by Gasteiger charge is 2.29. The molecule has 0 spiro atoms. The summed E-state index contributed by atoms with van der Waals surface area (Å²) in [6, 6.07) is 16.6. The van der Waals surface area contributed by atoms with E-state index in [2.05, 4.69) is 21.7 Å². The van der Waals surface area contributed by atoms with Crippen molar-refractivity contribution in [1.29, 1.82) is 0 Å². The Morgan fingerprint density at radius 3 is 2.50 bits per heavy atom. The first-order valence-corrected chi connectivity index (χ1v) is 11.2. The van der Waals surface area contributed by atoms with Crippen molar-refractivity contribution in [3.8, 4) is 11.4 Å². The Balaban J connectivity index is 1.42. The molecule has 146 valence electrons. The van der Waals surface area contributed by atoms with Gasteiger partial charge in [0.25, 0.3) is 0 Å². The number of halogens is 1. The highest BCUT2D eigenvalue weighted by molar-refractivity contribution is 7.89. The van der Waals surface area contributed by atoms with Gasteiger partial charge in [-0.3, -0.25) is 0 Å². The Hall–Kier alpha value is -2.15. The summed E-state index contributed by atoms with van der Waals surface area (Å²) < 4.78 is 29.4. The number of benzene rings is 2. The van der Waals surface area contributed by atoms with Crippen molar-refractivity contribution in [3.63, 3.8) is 0 Å². The zero-order valence-electron chi connectivity index (χ0n) is 15.4. The first-order chi connectivity index (χ1) is 13.5. The summed E-state index contributed by atoms with van der Waals surface area (Å²) in [5.74, 6) is 1.37. The highest BCUT2D eigenvalue weighted by atomic mass is 35.5. The third-order valence-electron chi connectivity index (χ3n) is 5.21. The number of sulfonamides is 1. The average Bonchev–Trinajstić information content (AvgIpc) is 3.17. The first-order valence-electron chi connectivity index (χ1n) is 9.36. The predicted octanol–water partition coefficient (Wildman–Crippen LogP) is 4.30. The normalized spacial score (nSPS) is 16.3. The van der Waals surface area contributed by atoms with Crippen LogP contribution in [0, 0.1) is 5.92 Å². The molecule has 0 radical (unpaired) electrons. The summed E-state index contributed by atoms with van der Waals surface area (Å²) in [5.41, 5.74) is 1.09. The molecule has 0 N–H and O–H groups in total. The largest absolute Gasteiger partial charge is 0.331 e. The molecule has 0 saturated carbocycles. The van der Waals surface area contributed by atoms with E-state index in [1.165, 1.54) is 6.07 Å². The predicted molar refractivity (Wildman–Crippen MR) is 111 cm³/mol. The SMILES string of the molecule is O=S(=O)(c1cccc(Cl)c1)N1CCC(Cn2ccnc2-c2ccccc2)CC1. The Morgan fingerprint density at radius 2 is 1.79 bits per heavy atom. The maximum Gasteiger partial charge on any atom is 0.243 e. The highest BCUT2D eigenvalue weighted by Crippen LogP contribution is 2.27. The lowest BCUT2D eigenvalue weighted by molar-refractivity contribution is 0.253. The second-order valence-electron chi connectivity index (χ2n) is 7.07. The molecule has 2 aromatic carbocycles. The monoisotopic (exact) mass is 415 g/mol. The number of hydrogen-bond acceptors (Lipinski definition) is 3. The summed E-state index contributed by atoms with van der Waals surface area (Å²) in [6.45, 7) is 1.89. The Kier molecular flexibility index (Phi) is 5.53. The molecule has 1 saturated heterocycles. The van der Waals surface area contributed by atoms with Gasteiger partial charge in [-0.25, -0.2) is 13.4 Å². The lowest BCUT2D eigenvalue weighted by atomic mass is 9.98. The van der Waals surface area contributed by atoms with Crippen LogP contribution in [-0.2, 0) is 16.6 Å². The summed E-state index contributed by atoms with van der Waals surface area (Å²) in [6.07, 6.45) is 5.47. The molecule has 1 aliphatic rings. The third-order valence-corrected chi connectivity index (χ3v) is 7.34. The van der Waals surface area contributed by atoms with Crippen molar-refractivity contribution < 1.29 is 8.42 Å². The molecule has 1 aliphatic heterocycles. The minimum absolute atomic E-state index is 0.263. The lowest BCUT2D eigenvalue weighted by Crippen LogP contribution is -2.39. The molecule has 5 nitrogen and oxygen atoms in total. The number of nitrogens with zero attached hydrogens (tertiary/aromatic N) is 3. The van der Waals surface area contributed by atoms with Gasteiger partial charge in [0.1, 0.15) is 5.82 Å². The van der Waals surface area contributed by atoms with E-state index in [1.54, 1.807) is 22.5 Å².